The molecule has 1 saturated heterocycles. The number of rotatable bonds is 5. The zero-order valence-electron chi connectivity index (χ0n) is 13.4. The minimum atomic E-state index is -3.49. The fourth-order valence-corrected chi connectivity index (χ4v) is 4.13. The summed E-state index contributed by atoms with van der Waals surface area (Å²) in [5.41, 5.74) is 2.17. The molecule has 0 spiro atoms. The van der Waals surface area contributed by atoms with E-state index in [0.717, 1.165) is 23.1 Å². The average molecular weight is 409 g/mol. The molecule has 6 heteroatoms. The molecule has 0 saturated carbocycles. The summed E-state index contributed by atoms with van der Waals surface area (Å²) in [6.45, 7) is 2.50. The molecule has 1 heterocycles. The molecule has 24 heavy (non-hydrogen) atoms. The van der Waals surface area contributed by atoms with Crippen molar-refractivity contribution in [1.82, 2.24) is 4.72 Å². The monoisotopic (exact) mass is 408 g/mol. The van der Waals surface area contributed by atoms with Crippen molar-refractivity contribution in [3.05, 3.63) is 58.6 Å². The topological polar surface area (TPSA) is 49.4 Å². The van der Waals surface area contributed by atoms with Gasteiger partial charge in [-0.3, -0.25) is 0 Å². The van der Waals surface area contributed by atoms with Gasteiger partial charge in [0.1, 0.15) is 0 Å². The van der Waals surface area contributed by atoms with Crippen molar-refractivity contribution >= 4 is 31.6 Å². The third-order valence-electron chi connectivity index (χ3n) is 4.25. The highest BCUT2D eigenvalue weighted by molar-refractivity contribution is 9.10. The Labute approximate surface area is 152 Å². The van der Waals surface area contributed by atoms with Crippen molar-refractivity contribution in [1.29, 1.82) is 0 Å². The van der Waals surface area contributed by atoms with Crippen molar-refractivity contribution < 1.29 is 8.42 Å². The molecule has 0 bridgehead atoms. The van der Waals surface area contributed by atoms with E-state index >= 15 is 0 Å². The van der Waals surface area contributed by atoms with Crippen LogP contribution in [0.1, 0.15) is 24.8 Å². The lowest BCUT2D eigenvalue weighted by atomic mass is 10.1. The predicted octanol–water partition coefficient (Wildman–Crippen LogP) is 3.92. The summed E-state index contributed by atoms with van der Waals surface area (Å²) in [7, 11) is -3.49. The van der Waals surface area contributed by atoms with Crippen molar-refractivity contribution in [2.75, 3.05) is 18.0 Å². The van der Waals surface area contributed by atoms with E-state index in [2.05, 4.69) is 37.7 Å². The fourth-order valence-electron chi connectivity index (χ4n) is 2.85. The molecule has 1 fully saturated rings. The summed E-state index contributed by atoms with van der Waals surface area (Å²) >= 11 is 3.31. The van der Waals surface area contributed by atoms with Gasteiger partial charge in [-0.15, -0.1) is 0 Å². The third-order valence-corrected chi connectivity index (χ3v) is 6.19. The van der Waals surface area contributed by atoms with Crippen LogP contribution in [0.3, 0.4) is 0 Å². The minimum absolute atomic E-state index is 0.274. The van der Waals surface area contributed by atoms with Crippen molar-refractivity contribution in [3.8, 4) is 0 Å². The Morgan fingerprint density at radius 2 is 1.54 bits per heavy atom. The molecule has 0 aromatic heterocycles. The van der Waals surface area contributed by atoms with Gasteiger partial charge >= 0.3 is 0 Å². The molecule has 1 aliphatic heterocycles. The van der Waals surface area contributed by atoms with Crippen LogP contribution in [-0.4, -0.2) is 21.5 Å². The van der Waals surface area contributed by atoms with Gasteiger partial charge in [0.05, 0.1) is 4.90 Å². The predicted molar refractivity (Wildman–Crippen MR) is 101 cm³/mol. The largest absolute Gasteiger partial charge is 0.372 e. The molecule has 2 aromatic rings. The summed E-state index contributed by atoms with van der Waals surface area (Å²) in [5, 5.41) is 0. The lowest BCUT2D eigenvalue weighted by Gasteiger charge is -2.28. The molecule has 2 aromatic carbocycles. The second-order valence-electron chi connectivity index (χ2n) is 5.99. The number of nitrogens with one attached hydrogen (secondary N) is 1. The maximum Gasteiger partial charge on any atom is 0.240 e. The molecule has 0 amide bonds. The van der Waals surface area contributed by atoms with Crippen molar-refractivity contribution in [2.45, 2.75) is 30.7 Å². The van der Waals surface area contributed by atoms with E-state index in [1.54, 1.807) is 24.3 Å². The van der Waals surface area contributed by atoms with Gasteiger partial charge in [-0.1, -0.05) is 28.1 Å². The number of anilines is 1. The van der Waals surface area contributed by atoms with E-state index < -0.39 is 10.0 Å². The molecule has 3 rings (SSSR count). The number of halogens is 1. The van der Waals surface area contributed by atoms with Gasteiger partial charge in [-0.25, -0.2) is 13.1 Å². The molecule has 1 aliphatic rings. The second-order valence-corrected chi connectivity index (χ2v) is 8.68. The Kier molecular flexibility index (Phi) is 5.58. The molecule has 0 aliphatic carbocycles. The molecular weight excluding hydrogens is 388 g/mol. The second kappa shape index (κ2) is 7.68. The number of benzene rings is 2. The van der Waals surface area contributed by atoms with E-state index in [1.807, 2.05) is 12.1 Å². The first-order valence-electron chi connectivity index (χ1n) is 8.14. The van der Waals surface area contributed by atoms with Crippen LogP contribution >= 0.6 is 15.9 Å². The highest BCUT2D eigenvalue weighted by atomic mass is 79.9. The standard InChI is InChI=1S/C18H21BrN2O2S/c19-16-6-10-18(11-7-16)24(22,23)20-14-15-4-8-17(9-5-15)21-12-2-1-3-13-21/h4-11,20H,1-3,12-14H2. The van der Waals surface area contributed by atoms with Crippen LogP contribution in [0.4, 0.5) is 5.69 Å². The van der Waals surface area contributed by atoms with E-state index in [9.17, 15) is 8.42 Å². The quantitative estimate of drug-likeness (QED) is 0.815. The Bertz CT molecular complexity index is 768. The van der Waals surface area contributed by atoms with Crippen LogP contribution in [0.15, 0.2) is 57.9 Å². The van der Waals surface area contributed by atoms with Crippen LogP contribution in [0.25, 0.3) is 0 Å². The van der Waals surface area contributed by atoms with Crippen LogP contribution in [0, 0.1) is 0 Å². The highest BCUT2D eigenvalue weighted by Crippen LogP contribution is 2.20. The molecule has 0 unspecified atom stereocenters. The zero-order chi connectivity index (χ0) is 17.0. The first-order chi connectivity index (χ1) is 11.5. The van der Waals surface area contributed by atoms with Crippen molar-refractivity contribution in [3.63, 3.8) is 0 Å². The normalized spacial score (nSPS) is 15.5. The van der Waals surface area contributed by atoms with Crippen LogP contribution in [-0.2, 0) is 16.6 Å². The molecular formula is C18H21BrN2O2S. The lowest BCUT2D eigenvalue weighted by Crippen LogP contribution is -2.29. The van der Waals surface area contributed by atoms with Crippen molar-refractivity contribution in [2.24, 2.45) is 0 Å². The summed E-state index contributed by atoms with van der Waals surface area (Å²) in [6.07, 6.45) is 3.80. The van der Waals surface area contributed by atoms with Gasteiger partial charge in [0.15, 0.2) is 0 Å². The van der Waals surface area contributed by atoms with Gasteiger partial charge in [-0.2, -0.15) is 0 Å². The SMILES string of the molecule is O=S(=O)(NCc1ccc(N2CCCCC2)cc1)c1ccc(Br)cc1. The molecule has 4 nitrogen and oxygen atoms in total. The maximum atomic E-state index is 12.3. The summed E-state index contributed by atoms with van der Waals surface area (Å²) < 4.78 is 28.1. The lowest BCUT2D eigenvalue weighted by molar-refractivity contribution is 0.577. The number of hydrogen-bond donors (Lipinski definition) is 1. The molecule has 0 atom stereocenters. The number of sulfonamides is 1. The number of piperidine rings is 1. The Hall–Kier alpha value is -1.37. The van der Waals surface area contributed by atoms with Crippen LogP contribution in [0.5, 0.6) is 0 Å². The molecule has 0 radical (unpaired) electrons. The summed E-state index contributed by atoms with van der Waals surface area (Å²) in [4.78, 5) is 2.66. The Morgan fingerprint density at radius 3 is 2.17 bits per heavy atom. The van der Waals surface area contributed by atoms with E-state index in [0.29, 0.717) is 6.54 Å². The Morgan fingerprint density at radius 1 is 0.917 bits per heavy atom. The minimum Gasteiger partial charge on any atom is -0.372 e. The van der Waals surface area contributed by atoms with E-state index in [4.69, 9.17) is 0 Å². The van der Waals surface area contributed by atoms with E-state index in [-0.39, 0.29) is 4.90 Å². The average Bonchev–Trinajstić information content (AvgIpc) is 2.62. The van der Waals surface area contributed by atoms with Gasteiger partial charge in [0.25, 0.3) is 0 Å². The zero-order valence-corrected chi connectivity index (χ0v) is 15.8. The molecule has 128 valence electrons. The fraction of sp³-hybridized carbons (Fsp3) is 0.333. The summed E-state index contributed by atoms with van der Waals surface area (Å²) in [5.74, 6) is 0. The first kappa shape index (κ1) is 17.5. The highest BCUT2D eigenvalue weighted by Gasteiger charge is 2.14. The van der Waals surface area contributed by atoms with Gasteiger partial charge in [0.2, 0.25) is 10.0 Å². The maximum absolute atomic E-state index is 12.3. The summed E-state index contributed by atoms with van der Waals surface area (Å²) in [6, 6.07) is 14.8. The van der Waals surface area contributed by atoms with Gasteiger partial charge in [-0.05, 0) is 61.2 Å². The number of hydrogen-bond acceptors (Lipinski definition) is 3. The van der Waals surface area contributed by atoms with Gasteiger partial charge < -0.3 is 4.90 Å². The van der Waals surface area contributed by atoms with Gasteiger partial charge in [0, 0.05) is 29.8 Å². The molecule has 1 N–H and O–H groups in total. The van der Waals surface area contributed by atoms with E-state index in [1.165, 1.54) is 24.9 Å². The first-order valence-corrected chi connectivity index (χ1v) is 10.4. The van der Waals surface area contributed by atoms with Crippen LogP contribution < -0.4 is 9.62 Å². The Balaban J connectivity index is 1.62. The smallest absolute Gasteiger partial charge is 0.240 e. The number of nitrogens with zero attached hydrogens (tertiary/aromatic N) is 1. The third kappa shape index (κ3) is 4.37. The van der Waals surface area contributed by atoms with Crippen LogP contribution in [0.2, 0.25) is 0 Å².